The van der Waals surface area contributed by atoms with Crippen molar-refractivity contribution in [1.82, 2.24) is 0 Å². The molecule has 0 spiro atoms. The third-order valence-corrected chi connectivity index (χ3v) is 1.15. The number of hydrogen-bond acceptors (Lipinski definition) is 2. The summed E-state index contributed by atoms with van der Waals surface area (Å²) >= 11 is 0. The van der Waals surface area contributed by atoms with Crippen LogP contribution in [0.25, 0.3) is 0 Å². The molecule has 4 nitrogen and oxygen atoms in total. The van der Waals surface area contributed by atoms with Gasteiger partial charge in [0.2, 0.25) is 0 Å². The zero-order chi connectivity index (χ0) is 13.0. The van der Waals surface area contributed by atoms with Crippen LogP contribution >= 0.6 is 0 Å². The largest absolute Gasteiger partial charge is 2.00 e. The first-order valence-electron chi connectivity index (χ1n) is 4.53. The van der Waals surface area contributed by atoms with Crippen molar-refractivity contribution in [1.29, 1.82) is 0 Å². The average molecular weight is 264 g/mol. The third kappa shape index (κ3) is 21.2. The van der Waals surface area contributed by atoms with Crippen LogP contribution in [-0.4, -0.2) is 59.9 Å². The molecular formula is C12H16CaO4. The second-order valence-corrected chi connectivity index (χ2v) is 2.45. The summed E-state index contributed by atoms with van der Waals surface area (Å²) in [4.78, 5) is 18.9. The van der Waals surface area contributed by atoms with Crippen molar-refractivity contribution >= 4 is 49.7 Å². The van der Waals surface area contributed by atoms with Crippen molar-refractivity contribution < 1.29 is 19.8 Å². The molecule has 90 valence electrons. The predicted molar refractivity (Wildman–Crippen MR) is 67.6 cm³/mol. The van der Waals surface area contributed by atoms with Gasteiger partial charge >= 0.3 is 49.7 Å². The number of carboxylic acids is 2. The second-order valence-electron chi connectivity index (χ2n) is 2.45. The fourth-order valence-electron chi connectivity index (χ4n) is 0.607. The van der Waals surface area contributed by atoms with Crippen LogP contribution in [0.3, 0.4) is 0 Å². The summed E-state index contributed by atoms with van der Waals surface area (Å²) in [6, 6.07) is 9.87. The fraction of sp³-hybridized carbons (Fsp3) is 0.167. The van der Waals surface area contributed by atoms with Crippen LogP contribution < -0.4 is 0 Å². The Balaban J connectivity index is -0.000000191. The van der Waals surface area contributed by atoms with Crippen molar-refractivity contribution in [3.05, 3.63) is 49.7 Å². The van der Waals surface area contributed by atoms with Gasteiger partial charge in [-0.25, -0.2) is 0 Å². The molecule has 0 aliphatic carbocycles. The zero-order valence-electron chi connectivity index (χ0n) is 9.93. The molecule has 0 aliphatic rings. The summed E-state index contributed by atoms with van der Waals surface area (Å²) in [5.74, 6) is -2.62. The van der Waals surface area contributed by atoms with E-state index in [0.29, 0.717) is 0 Å². The number of carboxylic acid groups (broad SMARTS) is 2. The number of carbonyl (C=O) groups is 2. The topological polar surface area (TPSA) is 74.6 Å². The minimum Gasteiger partial charge on any atom is -0.481 e. The van der Waals surface area contributed by atoms with Crippen molar-refractivity contribution in [3.63, 3.8) is 0 Å². The molecule has 0 saturated heterocycles. The van der Waals surface area contributed by atoms with E-state index in [1.807, 2.05) is 30.3 Å². The summed E-state index contributed by atoms with van der Waals surface area (Å²) in [5.41, 5.74) is 1.07. The minimum absolute atomic E-state index is 0. The van der Waals surface area contributed by atoms with E-state index >= 15 is 0 Å². The molecule has 17 heavy (non-hydrogen) atoms. The third-order valence-electron chi connectivity index (χ3n) is 1.15. The normalized spacial score (nSPS) is 7.18. The standard InChI is InChI=1S/C7H7.C3H4O4.C2H5.Ca/c1-7-5-3-2-4-6-7;4-2(5)1-3(6)7;1-2;/h2-6H,1H2;1H2,(H,4,5)(H,6,7);1H2,2H3;/q-1;;-1;+2. The Bertz CT molecular complexity index is 287. The van der Waals surface area contributed by atoms with Gasteiger partial charge in [-0.05, 0) is 0 Å². The Hall–Kier alpha value is -0.710. The van der Waals surface area contributed by atoms with Gasteiger partial charge in [0.25, 0.3) is 0 Å². The minimum atomic E-state index is -1.31. The Kier molecular flexibility index (Phi) is 19.4. The van der Waals surface area contributed by atoms with E-state index in [9.17, 15) is 9.59 Å². The molecule has 0 saturated carbocycles. The van der Waals surface area contributed by atoms with Gasteiger partial charge in [-0.3, -0.25) is 9.59 Å². The molecule has 2 N–H and O–H groups in total. The molecule has 0 heterocycles. The fourth-order valence-corrected chi connectivity index (χ4v) is 0.607. The Morgan fingerprint density at radius 3 is 1.53 bits per heavy atom. The van der Waals surface area contributed by atoms with Crippen LogP contribution in [0.4, 0.5) is 0 Å². The molecule has 0 fully saturated rings. The van der Waals surface area contributed by atoms with Crippen LogP contribution in [0.1, 0.15) is 18.9 Å². The quantitative estimate of drug-likeness (QED) is 0.486. The Morgan fingerprint density at radius 1 is 1.06 bits per heavy atom. The molecule has 0 unspecified atom stereocenters. The van der Waals surface area contributed by atoms with Gasteiger partial charge in [0.1, 0.15) is 6.42 Å². The number of rotatable bonds is 2. The van der Waals surface area contributed by atoms with E-state index in [1.54, 1.807) is 6.92 Å². The van der Waals surface area contributed by atoms with Crippen LogP contribution in [0.15, 0.2) is 30.3 Å². The van der Waals surface area contributed by atoms with E-state index in [4.69, 9.17) is 10.2 Å². The van der Waals surface area contributed by atoms with E-state index in [1.165, 1.54) is 0 Å². The maximum absolute atomic E-state index is 9.43. The molecule has 0 aliphatic heterocycles. The SMILES string of the molecule is O=C(O)CC(=O)O.[CH2-]C.[CH2-]c1ccccc1.[Ca+2]. The molecule has 1 aromatic rings. The monoisotopic (exact) mass is 264 g/mol. The Morgan fingerprint density at radius 2 is 1.41 bits per heavy atom. The molecule has 0 radical (unpaired) electrons. The van der Waals surface area contributed by atoms with Crippen molar-refractivity contribution in [3.8, 4) is 0 Å². The van der Waals surface area contributed by atoms with E-state index < -0.39 is 18.4 Å². The maximum Gasteiger partial charge on any atom is 2.00 e. The summed E-state index contributed by atoms with van der Waals surface area (Å²) in [6.07, 6.45) is -0.806. The van der Waals surface area contributed by atoms with E-state index in [2.05, 4.69) is 13.8 Å². The van der Waals surface area contributed by atoms with Crippen LogP contribution in [0.5, 0.6) is 0 Å². The smallest absolute Gasteiger partial charge is 0.481 e. The first-order chi connectivity index (χ1) is 7.52. The molecule has 0 bridgehead atoms. The Labute approximate surface area is 132 Å². The van der Waals surface area contributed by atoms with Gasteiger partial charge in [-0.15, -0.1) is 12.1 Å². The first kappa shape index (κ1) is 21.6. The summed E-state index contributed by atoms with van der Waals surface area (Å²) in [6.45, 7) is 8.72. The van der Waals surface area contributed by atoms with Crippen LogP contribution in [0, 0.1) is 13.8 Å². The van der Waals surface area contributed by atoms with Gasteiger partial charge < -0.3 is 17.1 Å². The van der Waals surface area contributed by atoms with Gasteiger partial charge in [-0.2, -0.15) is 31.5 Å². The van der Waals surface area contributed by atoms with Crippen LogP contribution in [0.2, 0.25) is 0 Å². The van der Waals surface area contributed by atoms with E-state index in [0.717, 1.165) is 5.56 Å². The zero-order valence-corrected chi connectivity index (χ0v) is 12.1. The number of benzene rings is 1. The first-order valence-corrected chi connectivity index (χ1v) is 4.53. The van der Waals surface area contributed by atoms with Crippen molar-refractivity contribution in [2.75, 3.05) is 0 Å². The van der Waals surface area contributed by atoms with E-state index in [-0.39, 0.29) is 37.7 Å². The van der Waals surface area contributed by atoms with Gasteiger partial charge in [-0.1, -0.05) is 6.07 Å². The molecule has 0 atom stereocenters. The summed E-state index contributed by atoms with van der Waals surface area (Å²) in [5, 5.41) is 15.4. The number of aliphatic carboxylic acids is 2. The summed E-state index contributed by atoms with van der Waals surface area (Å²) < 4.78 is 0. The van der Waals surface area contributed by atoms with Crippen molar-refractivity contribution in [2.24, 2.45) is 0 Å². The predicted octanol–water partition coefficient (Wildman–Crippen LogP) is 1.87. The molecular weight excluding hydrogens is 248 g/mol. The number of hydrogen-bond donors (Lipinski definition) is 2. The van der Waals surface area contributed by atoms with Gasteiger partial charge in [0.05, 0.1) is 0 Å². The van der Waals surface area contributed by atoms with Crippen LogP contribution in [-0.2, 0) is 9.59 Å². The molecule has 5 heteroatoms. The molecule has 0 amide bonds. The second kappa shape index (κ2) is 15.3. The molecule has 1 aromatic carbocycles. The average Bonchev–Trinajstić information content (AvgIpc) is 2.20. The molecule has 1 rings (SSSR count). The molecule has 0 aromatic heterocycles. The summed E-state index contributed by atoms with van der Waals surface area (Å²) in [7, 11) is 0. The maximum atomic E-state index is 9.43. The van der Waals surface area contributed by atoms with Crippen molar-refractivity contribution in [2.45, 2.75) is 13.3 Å². The van der Waals surface area contributed by atoms with Gasteiger partial charge in [0, 0.05) is 0 Å². The van der Waals surface area contributed by atoms with Gasteiger partial charge in [0.15, 0.2) is 0 Å².